The summed E-state index contributed by atoms with van der Waals surface area (Å²) in [5.74, 6) is 2.14. The second-order valence-electron chi connectivity index (χ2n) is 14.3. The van der Waals surface area contributed by atoms with Crippen molar-refractivity contribution in [1.82, 2.24) is 0 Å². The molecular weight excluding hydrogens is 512 g/mol. The van der Waals surface area contributed by atoms with Crippen LogP contribution in [0.3, 0.4) is 0 Å². The zero-order valence-corrected chi connectivity index (χ0v) is 29.8. The van der Waals surface area contributed by atoms with Gasteiger partial charge in [0.2, 0.25) is 0 Å². The van der Waals surface area contributed by atoms with Crippen molar-refractivity contribution in [2.24, 2.45) is 17.8 Å². The first-order valence-electron chi connectivity index (χ1n) is 19.2. The fourth-order valence-corrected chi connectivity index (χ4v) is 6.37. The molecule has 0 radical (unpaired) electrons. The minimum absolute atomic E-state index is 0.217. The first kappa shape index (κ1) is 41.2. The molecule has 3 unspecified atom stereocenters. The van der Waals surface area contributed by atoms with E-state index in [-0.39, 0.29) is 5.97 Å². The van der Waals surface area contributed by atoms with Crippen molar-refractivity contribution < 1.29 is 9.53 Å². The third-order valence-corrected chi connectivity index (χ3v) is 9.52. The second-order valence-corrected chi connectivity index (χ2v) is 14.3. The summed E-state index contributed by atoms with van der Waals surface area (Å²) in [6.07, 6.45) is 38.5. The molecule has 0 N–H and O–H groups in total. The normalized spacial score (nSPS) is 13.6. The Bertz CT molecular complexity index is 582. The van der Waals surface area contributed by atoms with Gasteiger partial charge in [0, 0.05) is 5.57 Å². The maximum atomic E-state index is 12.0. The average molecular weight is 591 g/mol. The Hall–Kier alpha value is -0.790. The van der Waals surface area contributed by atoms with Gasteiger partial charge in [0.1, 0.15) is 0 Å². The number of rotatable bonds is 33. The number of carbonyl (C=O) groups excluding carboxylic acids is 1. The van der Waals surface area contributed by atoms with Crippen molar-refractivity contribution in [2.75, 3.05) is 6.61 Å². The van der Waals surface area contributed by atoms with E-state index in [1.165, 1.54) is 180 Å². The quantitative estimate of drug-likeness (QED) is 0.0431. The average Bonchev–Trinajstić information content (AvgIpc) is 2.97. The van der Waals surface area contributed by atoms with E-state index in [1.807, 2.05) is 0 Å². The lowest BCUT2D eigenvalue weighted by atomic mass is 9.94. The van der Waals surface area contributed by atoms with E-state index >= 15 is 0 Å². The van der Waals surface area contributed by atoms with E-state index in [1.54, 1.807) is 6.92 Å². The van der Waals surface area contributed by atoms with Gasteiger partial charge in [-0.1, -0.05) is 201 Å². The van der Waals surface area contributed by atoms with Crippen molar-refractivity contribution in [1.29, 1.82) is 0 Å². The number of carbonyl (C=O) groups is 1. The monoisotopic (exact) mass is 591 g/mol. The highest BCUT2D eigenvalue weighted by Crippen LogP contribution is 2.22. The van der Waals surface area contributed by atoms with E-state index < -0.39 is 0 Å². The summed E-state index contributed by atoms with van der Waals surface area (Å²) in [4.78, 5) is 12.0. The van der Waals surface area contributed by atoms with Crippen LogP contribution in [-0.2, 0) is 9.53 Å². The van der Waals surface area contributed by atoms with E-state index in [9.17, 15) is 4.79 Å². The SMILES string of the molecule is C=C(C)C(=O)OCC(CCCCCCCCCCC(C)CCCCCC)CCCCCCCCC(C)CCCCCC. The van der Waals surface area contributed by atoms with Crippen LogP contribution in [0, 0.1) is 17.8 Å². The predicted octanol–water partition coefficient (Wildman–Crippen LogP) is 14.0. The van der Waals surface area contributed by atoms with Gasteiger partial charge in [-0.25, -0.2) is 4.79 Å². The molecule has 0 aliphatic heterocycles. The molecule has 0 aliphatic carbocycles. The fourth-order valence-electron chi connectivity index (χ4n) is 6.37. The van der Waals surface area contributed by atoms with Crippen LogP contribution in [0.15, 0.2) is 12.2 Å². The summed E-state index contributed by atoms with van der Waals surface area (Å²) < 4.78 is 5.58. The van der Waals surface area contributed by atoms with Gasteiger partial charge in [0.25, 0.3) is 0 Å². The zero-order valence-electron chi connectivity index (χ0n) is 29.8. The van der Waals surface area contributed by atoms with Crippen molar-refractivity contribution in [3.63, 3.8) is 0 Å². The summed E-state index contributed by atoms with van der Waals surface area (Å²) in [5, 5.41) is 0. The number of ether oxygens (including phenoxy) is 1. The van der Waals surface area contributed by atoms with E-state index in [4.69, 9.17) is 4.74 Å². The summed E-state index contributed by atoms with van der Waals surface area (Å²) in [6, 6.07) is 0. The zero-order chi connectivity index (χ0) is 31.1. The molecule has 0 saturated heterocycles. The van der Waals surface area contributed by atoms with Gasteiger partial charge >= 0.3 is 5.97 Å². The van der Waals surface area contributed by atoms with Crippen LogP contribution in [-0.4, -0.2) is 12.6 Å². The van der Waals surface area contributed by atoms with Crippen LogP contribution in [0.25, 0.3) is 0 Å². The number of esters is 1. The molecule has 2 heteroatoms. The van der Waals surface area contributed by atoms with E-state index in [0.717, 1.165) is 11.8 Å². The molecule has 0 rings (SSSR count). The molecule has 250 valence electrons. The minimum Gasteiger partial charge on any atom is -0.462 e. The molecule has 0 heterocycles. The summed E-state index contributed by atoms with van der Waals surface area (Å²) in [7, 11) is 0. The number of unbranched alkanes of at least 4 members (excludes halogenated alkanes) is 18. The molecule has 0 amide bonds. The molecule has 0 aromatic carbocycles. The Morgan fingerprint density at radius 3 is 1.10 bits per heavy atom. The molecular formula is C40H78O2. The third-order valence-electron chi connectivity index (χ3n) is 9.52. The maximum Gasteiger partial charge on any atom is 0.333 e. The first-order chi connectivity index (χ1) is 20.4. The lowest BCUT2D eigenvalue weighted by Gasteiger charge is -2.17. The Balaban J connectivity index is 3.89. The molecule has 0 aromatic heterocycles. The second kappa shape index (κ2) is 31.6. The topological polar surface area (TPSA) is 26.3 Å². The van der Waals surface area contributed by atoms with Gasteiger partial charge in [0.05, 0.1) is 6.61 Å². The summed E-state index contributed by atoms with van der Waals surface area (Å²) >= 11 is 0. The van der Waals surface area contributed by atoms with Crippen LogP contribution in [0.5, 0.6) is 0 Å². The highest BCUT2D eigenvalue weighted by Gasteiger charge is 2.13. The predicted molar refractivity (Wildman–Crippen MR) is 188 cm³/mol. The highest BCUT2D eigenvalue weighted by atomic mass is 16.5. The van der Waals surface area contributed by atoms with Crippen molar-refractivity contribution in [3.05, 3.63) is 12.2 Å². The Labute approximate surface area is 266 Å². The summed E-state index contributed by atoms with van der Waals surface area (Å²) in [6.45, 7) is 15.6. The fraction of sp³-hybridized carbons (Fsp3) is 0.925. The number of hydrogen-bond acceptors (Lipinski definition) is 2. The standard InChI is InChI=1S/C40H78O2/c1-7-9-11-23-29-37(5)31-25-19-15-13-14-16-21-27-33-39(35-42-40(41)36(3)4)34-28-22-18-17-20-26-32-38(6)30-24-12-10-8-2/h37-39H,3,7-35H2,1-2,4-6H3. The Morgan fingerprint density at radius 1 is 0.500 bits per heavy atom. The molecule has 2 nitrogen and oxygen atoms in total. The first-order valence-corrected chi connectivity index (χ1v) is 19.2. The van der Waals surface area contributed by atoms with E-state index in [2.05, 4.69) is 34.3 Å². The molecule has 0 spiro atoms. The van der Waals surface area contributed by atoms with Crippen LogP contribution in [0.1, 0.15) is 214 Å². The van der Waals surface area contributed by atoms with Gasteiger partial charge in [-0.3, -0.25) is 0 Å². The molecule has 0 aliphatic rings. The van der Waals surface area contributed by atoms with Gasteiger partial charge in [-0.05, 0) is 37.5 Å². The Kier molecular flexibility index (Phi) is 31.0. The Morgan fingerprint density at radius 2 is 0.786 bits per heavy atom. The van der Waals surface area contributed by atoms with Crippen molar-refractivity contribution in [2.45, 2.75) is 214 Å². The van der Waals surface area contributed by atoms with Gasteiger partial charge in [-0.15, -0.1) is 0 Å². The van der Waals surface area contributed by atoms with Gasteiger partial charge in [-0.2, -0.15) is 0 Å². The smallest absolute Gasteiger partial charge is 0.333 e. The molecule has 0 aromatic rings. The van der Waals surface area contributed by atoms with Gasteiger partial charge in [0.15, 0.2) is 0 Å². The van der Waals surface area contributed by atoms with E-state index in [0.29, 0.717) is 18.1 Å². The van der Waals surface area contributed by atoms with Crippen LogP contribution < -0.4 is 0 Å². The van der Waals surface area contributed by atoms with Crippen LogP contribution in [0.4, 0.5) is 0 Å². The lowest BCUT2D eigenvalue weighted by molar-refractivity contribution is -0.140. The van der Waals surface area contributed by atoms with Crippen LogP contribution in [0.2, 0.25) is 0 Å². The maximum absolute atomic E-state index is 12.0. The molecule has 0 saturated carbocycles. The molecule has 42 heavy (non-hydrogen) atoms. The largest absolute Gasteiger partial charge is 0.462 e. The van der Waals surface area contributed by atoms with Crippen molar-refractivity contribution >= 4 is 5.97 Å². The summed E-state index contributed by atoms with van der Waals surface area (Å²) in [5.41, 5.74) is 0.519. The highest BCUT2D eigenvalue weighted by molar-refractivity contribution is 5.86. The minimum atomic E-state index is -0.217. The van der Waals surface area contributed by atoms with Crippen molar-refractivity contribution in [3.8, 4) is 0 Å². The lowest BCUT2D eigenvalue weighted by Crippen LogP contribution is -2.15. The molecule has 0 bridgehead atoms. The van der Waals surface area contributed by atoms with Crippen LogP contribution >= 0.6 is 0 Å². The van der Waals surface area contributed by atoms with Gasteiger partial charge < -0.3 is 4.74 Å². The molecule has 3 atom stereocenters. The third kappa shape index (κ3) is 29.3. The molecule has 0 fully saturated rings. The number of hydrogen-bond donors (Lipinski definition) is 0.